The SMILES string of the molecule is COC(=O)C1NC(=O)[C@H]2NC(=O)[C@H](NC(=O)[C@@H]3NC(=O)C4NC(=O)[C@H](NC(=O)[C@@H](Nc5c(OC)c(=O)c5=O)c5ccc(O)c(c5)Oc5cc4cc(O)c5C)[C@H](O)c4ccc(cc4)Oc4cc3cc(c4O)Oc3ccc(cc3)[C@H]2O)c2ccc(O)c(c2)-c2c(O)cc(O)cc21. The molecule has 14 rings (SSSR count). The molecule has 6 heterocycles. The van der Waals surface area contributed by atoms with Crippen molar-refractivity contribution in [1.29, 1.82) is 0 Å². The highest BCUT2D eigenvalue weighted by atomic mass is 16.5. The minimum atomic E-state index is -2.20. The molecule has 8 aromatic carbocycles. The van der Waals surface area contributed by atoms with Crippen molar-refractivity contribution in [2.45, 2.75) is 61.4 Å². The van der Waals surface area contributed by atoms with Gasteiger partial charge in [0.2, 0.25) is 41.2 Å². The van der Waals surface area contributed by atoms with Crippen LogP contribution in [0.3, 0.4) is 0 Å². The van der Waals surface area contributed by atoms with Gasteiger partial charge < -0.3 is 102 Å². The van der Waals surface area contributed by atoms with Gasteiger partial charge in [0.1, 0.15) is 94.4 Å². The van der Waals surface area contributed by atoms with Crippen LogP contribution < -0.4 is 67.0 Å². The number of anilines is 1. The normalized spacial score (nSPS) is 21.8. The lowest BCUT2D eigenvalue weighted by molar-refractivity contribution is -0.146. The summed E-state index contributed by atoms with van der Waals surface area (Å²) >= 11 is 0. The summed E-state index contributed by atoms with van der Waals surface area (Å²) in [4.78, 5) is 131. The zero-order valence-electron chi connectivity index (χ0n) is 49.0. The largest absolute Gasteiger partial charge is 0.508 e. The van der Waals surface area contributed by atoms with Crippen LogP contribution in [0.2, 0.25) is 0 Å². The lowest BCUT2D eigenvalue weighted by atomic mass is 9.89. The number of carbonyl (C=O) groups is 7. The average molecular weight is 1280 g/mol. The van der Waals surface area contributed by atoms with Gasteiger partial charge in [0.05, 0.1) is 14.2 Å². The maximum atomic E-state index is 15.8. The number of hydrogen-bond donors (Lipinski definition) is 15. The summed E-state index contributed by atoms with van der Waals surface area (Å²) in [6.45, 7) is 1.38. The number of fused-ring (bicyclic) bond motifs is 14. The van der Waals surface area contributed by atoms with Gasteiger partial charge in [-0.05, 0) is 119 Å². The van der Waals surface area contributed by atoms with E-state index in [0.717, 1.165) is 80.9 Å². The molecule has 2 unspecified atom stereocenters. The molecule has 0 fully saturated rings. The highest BCUT2D eigenvalue weighted by Gasteiger charge is 2.43. The summed E-state index contributed by atoms with van der Waals surface area (Å²) in [5, 5.41) is 111. The minimum absolute atomic E-state index is 0.0333. The van der Waals surface area contributed by atoms with Crippen LogP contribution in [-0.2, 0) is 38.3 Å². The van der Waals surface area contributed by atoms with Crippen LogP contribution in [0.5, 0.6) is 74.7 Å². The van der Waals surface area contributed by atoms with Gasteiger partial charge in [0.25, 0.3) is 10.9 Å². The van der Waals surface area contributed by atoms with Crippen LogP contribution in [0.15, 0.2) is 131 Å². The van der Waals surface area contributed by atoms with Gasteiger partial charge in [-0.1, -0.05) is 36.4 Å². The first-order valence-electron chi connectivity index (χ1n) is 28.5. The Balaban J connectivity index is 1.06. The minimum Gasteiger partial charge on any atom is -0.508 e. The number of nitrogens with one attached hydrogen (secondary N) is 7. The third kappa shape index (κ3) is 11.2. The molecule has 0 radical (unpaired) electrons. The summed E-state index contributed by atoms with van der Waals surface area (Å²) in [5.41, 5.74) is -4.93. The number of methoxy groups -OCH3 is 2. The van der Waals surface area contributed by atoms with E-state index in [1.165, 1.54) is 61.5 Å². The molecule has 8 aromatic rings. The number of amides is 6. The molecule has 6 aliphatic rings. The molecule has 0 aliphatic carbocycles. The van der Waals surface area contributed by atoms with E-state index in [1.54, 1.807) is 0 Å². The average Bonchev–Trinajstić information content (AvgIpc) is 0.792. The summed E-state index contributed by atoms with van der Waals surface area (Å²) in [6, 6.07) is 8.71. The van der Waals surface area contributed by atoms with Crippen molar-refractivity contribution in [2.24, 2.45) is 0 Å². The lowest BCUT2D eigenvalue weighted by Crippen LogP contribution is -2.55. The molecule has 9 atom stereocenters. The van der Waals surface area contributed by atoms with Crippen molar-refractivity contribution in [2.75, 3.05) is 19.5 Å². The quantitative estimate of drug-likeness (QED) is 0.0887. The number of carbonyl (C=O) groups excluding carboxylic acids is 7. The molecule has 29 nitrogen and oxygen atoms in total. The number of phenols is 6. The lowest BCUT2D eigenvalue weighted by Gasteiger charge is -2.31. The number of rotatable bonds is 4. The maximum absolute atomic E-state index is 15.8. The molecule has 480 valence electrons. The third-order valence-corrected chi connectivity index (χ3v) is 16.4. The molecule has 0 saturated carbocycles. The molecule has 0 saturated heterocycles. The van der Waals surface area contributed by atoms with Gasteiger partial charge in [0.15, 0.2) is 34.8 Å². The molecule has 6 aliphatic heterocycles. The van der Waals surface area contributed by atoms with Crippen LogP contribution in [0, 0.1) is 6.92 Å². The molecule has 15 N–H and O–H groups in total. The van der Waals surface area contributed by atoms with Gasteiger partial charge >= 0.3 is 5.97 Å². The summed E-state index contributed by atoms with van der Waals surface area (Å²) < 4.78 is 28.8. The van der Waals surface area contributed by atoms with E-state index in [1.807, 2.05) is 0 Å². The first kappa shape index (κ1) is 61.9. The van der Waals surface area contributed by atoms with Gasteiger partial charge in [-0.3, -0.25) is 38.4 Å². The standard InChI is InChI=1S/C65H53N7O22/c1-24-38(76)17-29-19-40(24)94-41-18-28(9-15-37(41)75)45(66-50-56(81)57(82)58(50)90-2)59(83)71-51-53(78)25-4-10-32(11-5-25)92-42-20-30-21-43(55(42)80)93-33-12-6-26(7-13-33)54(79)52-64(88)70-49(65(89)91-3)35-22-31(73)23-39(77)44(35)34-16-27(8-14-36(34)74)46(60(84)72-52)67-62(86)48(30)68-61(85)47(29)69-63(51)87/h4-23,45-49,51-54,66,73-80H,1-3H3,(H,67,86)(H,68,85)(H,69,87)(H,70,88)(H,71,83)(H,72,84)/t45-,46+,47?,48+,49?,51+,52-,53+,54+/m0/s1. The number of benzene rings is 7. The molecule has 29 heteroatoms. The van der Waals surface area contributed by atoms with Crippen LogP contribution in [0.4, 0.5) is 5.69 Å². The van der Waals surface area contributed by atoms with E-state index in [-0.39, 0.29) is 67.3 Å². The number of phenolic OH excluding ortho intramolecular Hbond substituents is 6. The Kier molecular flexibility index (Phi) is 15.9. The molecule has 17 bridgehead atoms. The summed E-state index contributed by atoms with van der Waals surface area (Å²) in [7, 11) is 2.06. The third-order valence-electron chi connectivity index (χ3n) is 16.4. The van der Waals surface area contributed by atoms with E-state index in [0.29, 0.717) is 0 Å². The van der Waals surface area contributed by atoms with E-state index in [9.17, 15) is 64.8 Å². The number of aliphatic hydroxyl groups is 2. The van der Waals surface area contributed by atoms with Crippen molar-refractivity contribution in [3.05, 3.63) is 186 Å². The number of ether oxygens (including phenoxy) is 5. The second kappa shape index (κ2) is 24.1. The van der Waals surface area contributed by atoms with Gasteiger partial charge in [-0.15, -0.1) is 0 Å². The second-order valence-corrected chi connectivity index (χ2v) is 22.2. The Bertz CT molecular complexity index is 4590. The Labute approximate surface area is 528 Å². The Morgan fingerprint density at radius 1 is 0.468 bits per heavy atom. The zero-order chi connectivity index (χ0) is 66.9. The maximum Gasteiger partial charge on any atom is 0.333 e. The number of esters is 1. The van der Waals surface area contributed by atoms with E-state index in [2.05, 4.69) is 37.2 Å². The monoisotopic (exact) mass is 1280 g/mol. The smallest absolute Gasteiger partial charge is 0.333 e. The van der Waals surface area contributed by atoms with Gasteiger partial charge in [0, 0.05) is 28.3 Å². The Morgan fingerprint density at radius 2 is 0.968 bits per heavy atom. The predicted octanol–water partition coefficient (Wildman–Crippen LogP) is 3.32. The summed E-state index contributed by atoms with van der Waals surface area (Å²) in [5.74, 6) is -15.2. The number of aliphatic hydroxyl groups excluding tert-OH is 2. The van der Waals surface area contributed by atoms with E-state index < -0.39 is 176 Å². The molecular formula is C65H53N7O22. The Hall–Kier alpha value is -12.4. The number of hydrogen-bond acceptors (Lipinski definition) is 23. The molecule has 6 amide bonds. The van der Waals surface area contributed by atoms with Gasteiger partial charge in [-0.2, -0.15) is 0 Å². The van der Waals surface area contributed by atoms with E-state index in [4.69, 9.17) is 23.7 Å². The second-order valence-electron chi connectivity index (χ2n) is 22.2. The number of aromatic hydroxyl groups is 6. The summed E-state index contributed by atoms with van der Waals surface area (Å²) in [6.07, 6.45) is -4.10. The molecular weight excluding hydrogens is 1230 g/mol. The van der Waals surface area contributed by atoms with Crippen molar-refractivity contribution in [1.82, 2.24) is 31.9 Å². The Morgan fingerprint density at radius 3 is 1.56 bits per heavy atom. The van der Waals surface area contributed by atoms with Crippen LogP contribution in [0.1, 0.15) is 86.9 Å². The molecule has 0 spiro atoms. The molecule has 0 aromatic heterocycles. The van der Waals surface area contributed by atoms with Gasteiger partial charge in [-0.25, -0.2) is 4.79 Å². The van der Waals surface area contributed by atoms with Crippen LogP contribution in [-0.4, -0.2) is 109 Å². The fourth-order valence-electron chi connectivity index (χ4n) is 11.4. The van der Waals surface area contributed by atoms with Crippen molar-refractivity contribution >= 4 is 47.1 Å². The first-order chi connectivity index (χ1) is 44.9. The van der Waals surface area contributed by atoms with Crippen LogP contribution in [0.25, 0.3) is 11.1 Å². The van der Waals surface area contributed by atoms with E-state index >= 15 is 19.2 Å². The molecule has 94 heavy (non-hydrogen) atoms. The fraction of sp³-hybridized carbons (Fsp3) is 0.185. The van der Waals surface area contributed by atoms with Crippen molar-refractivity contribution < 1.29 is 98.1 Å². The van der Waals surface area contributed by atoms with Crippen molar-refractivity contribution in [3.8, 4) is 85.9 Å². The topological polar surface area (TPSA) is 446 Å². The zero-order valence-corrected chi connectivity index (χ0v) is 49.0. The fourth-order valence-corrected chi connectivity index (χ4v) is 11.4. The first-order valence-corrected chi connectivity index (χ1v) is 28.5. The van der Waals surface area contributed by atoms with Crippen molar-refractivity contribution in [3.63, 3.8) is 0 Å². The highest BCUT2D eigenvalue weighted by Crippen LogP contribution is 2.47. The highest BCUT2D eigenvalue weighted by molar-refractivity contribution is 6.00. The van der Waals surface area contributed by atoms with Crippen LogP contribution >= 0.6 is 0 Å². The predicted molar refractivity (Wildman–Crippen MR) is 323 cm³/mol.